The quantitative estimate of drug-likeness (QED) is 0.596. The Kier molecular flexibility index (Phi) is 3.85. The monoisotopic (exact) mass is 303 g/mol. The maximum absolute atomic E-state index is 13.2. The Balaban J connectivity index is 2.69. The van der Waals surface area contributed by atoms with Crippen molar-refractivity contribution in [2.24, 2.45) is 0 Å². The predicted octanol–water partition coefficient (Wildman–Crippen LogP) is 4.66. The highest BCUT2D eigenvalue weighted by molar-refractivity contribution is 6.46. The first kappa shape index (κ1) is 13.3. The van der Waals surface area contributed by atoms with E-state index in [1.54, 1.807) is 12.1 Å². The molecule has 0 amide bonds. The Bertz CT molecular complexity index is 631. The number of pyridine rings is 1. The number of hydrogen-bond donors (Lipinski definition) is 0. The zero-order valence-electron chi connectivity index (χ0n) is 8.75. The van der Waals surface area contributed by atoms with Gasteiger partial charge in [0, 0.05) is 5.56 Å². The number of benzene rings is 1. The van der Waals surface area contributed by atoms with Gasteiger partial charge in [0.15, 0.2) is 12.1 Å². The van der Waals surface area contributed by atoms with Gasteiger partial charge in [-0.15, -0.1) is 0 Å². The number of aromatic nitrogens is 1. The van der Waals surface area contributed by atoms with Gasteiger partial charge in [-0.2, -0.15) is 0 Å². The van der Waals surface area contributed by atoms with Crippen molar-refractivity contribution < 1.29 is 9.18 Å². The average molecular weight is 305 g/mol. The zero-order valence-corrected chi connectivity index (χ0v) is 11.0. The summed E-state index contributed by atoms with van der Waals surface area (Å²) in [6.45, 7) is 0. The molecule has 0 saturated heterocycles. The summed E-state index contributed by atoms with van der Waals surface area (Å²) in [5.74, 6) is -0.706. The zero-order chi connectivity index (χ0) is 13.3. The summed E-state index contributed by atoms with van der Waals surface area (Å²) in [4.78, 5) is 14.5. The van der Waals surface area contributed by atoms with Crippen molar-refractivity contribution in [2.75, 3.05) is 0 Å². The van der Waals surface area contributed by atoms with Crippen LogP contribution in [0.4, 0.5) is 4.39 Å². The molecular weight excluding hydrogens is 299 g/mol. The van der Waals surface area contributed by atoms with Gasteiger partial charge in [-0.25, -0.2) is 9.37 Å². The first-order valence-corrected chi connectivity index (χ1v) is 5.93. The summed E-state index contributed by atoms with van der Waals surface area (Å²) >= 11 is 17.9. The minimum atomic E-state index is -0.706. The number of nitrogens with zero attached hydrogens (tertiary/aromatic N) is 1. The number of carbonyl (C=O) groups is 1. The molecule has 0 spiro atoms. The summed E-state index contributed by atoms with van der Waals surface area (Å²) in [7, 11) is 0. The van der Waals surface area contributed by atoms with E-state index in [0.717, 1.165) is 6.07 Å². The Morgan fingerprint density at radius 2 is 1.72 bits per heavy atom. The van der Waals surface area contributed by atoms with Crippen LogP contribution in [0.3, 0.4) is 0 Å². The van der Waals surface area contributed by atoms with Crippen LogP contribution in [0.25, 0.3) is 11.3 Å². The maximum atomic E-state index is 13.2. The summed E-state index contributed by atoms with van der Waals surface area (Å²) in [6, 6.07) is 5.60. The van der Waals surface area contributed by atoms with Gasteiger partial charge in [0.25, 0.3) is 0 Å². The van der Waals surface area contributed by atoms with Crippen LogP contribution < -0.4 is 0 Å². The lowest BCUT2D eigenvalue weighted by Gasteiger charge is -2.08. The third-order valence-corrected chi connectivity index (χ3v) is 3.40. The molecule has 1 heterocycles. The van der Waals surface area contributed by atoms with Crippen molar-refractivity contribution in [1.82, 2.24) is 4.98 Å². The summed E-state index contributed by atoms with van der Waals surface area (Å²) in [6.07, 6.45) is 0.325. The van der Waals surface area contributed by atoms with Crippen molar-refractivity contribution in [3.05, 3.63) is 50.8 Å². The van der Waals surface area contributed by atoms with Crippen LogP contribution in [0.5, 0.6) is 0 Å². The van der Waals surface area contributed by atoms with Crippen LogP contribution in [-0.4, -0.2) is 11.3 Å². The molecule has 18 heavy (non-hydrogen) atoms. The SMILES string of the molecule is O=Cc1nc(-c2c(Cl)ccc(Cl)c2Cl)ccc1F. The molecule has 0 unspecified atom stereocenters. The first-order chi connectivity index (χ1) is 8.54. The van der Waals surface area contributed by atoms with Crippen LogP contribution in [0.2, 0.25) is 15.1 Å². The van der Waals surface area contributed by atoms with Crippen LogP contribution >= 0.6 is 34.8 Å². The van der Waals surface area contributed by atoms with E-state index in [1.165, 1.54) is 6.07 Å². The normalized spacial score (nSPS) is 10.4. The lowest BCUT2D eigenvalue weighted by Crippen LogP contribution is -1.96. The van der Waals surface area contributed by atoms with E-state index in [1.807, 2.05) is 0 Å². The Morgan fingerprint density at radius 3 is 2.39 bits per heavy atom. The van der Waals surface area contributed by atoms with Crippen LogP contribution in [0.1, 0.15) is 10.5 Å². The third-order valence-electron chi connectivity index (χ3n) is 2.28. The largest absolute Gasteiger partial charge is 0.296 e. The first-order valence-electron chi connectivity index (χ1n) is 4.80. The summed E-state index contributed by atoms with van der Waals surface area (Å²) in [5, 5.41) is 0.829. The molecule has 0 bridgehead atoms. The predicted molar refractivity (Wildman–Crippen MR) is 70.0 cm³/mol. The molecular formula is C12H5Cl3FNO. The van der Waals surface area contributed by atoms with Gasteiger partial charge in [0.2, 0.25) is 0 Å². The number of carbonyl (C=O) groups excluding carboxylic acids is 1. The molecule has 0 aliphatic carbocycles. The topological polar surface area (TPSA) is 30.0 Å². The van der Waals surface area contributed by atoms with Gasteiger partial charge in [-0.3, -0.25) is 4.79 Å². The fourth-order valence-electron chi connectivity index (χ4n) is 1.44. The van der Waals surface area contributed by atoms with E-state index in [9.17, 15) is 9.18 Å². The standard InChI is InChI=1S/C12H5Cl3FNO/c13-6-1-2-7(14)12(15)11(6)9-4-3-8(16)10(5-18)17-9/h1-5H. The Morgan fingerprint density at radius 1 is 1.06 bits per heavy atom. The molecule has 2 rings (SSSR count). The van der Waals surface area contributed by atoms with Gasteiger partial charge in [0.1, 0.15) is 5.69 Å². The highest BCUT2D eigenvalue weighted by atomic mass is 35.5. The smallest absolute Gasteiger partial charge is 0.171 e. The molecule has 1 aromatic carbocycles. The van der Waals surface area contributed by atoms with Gasteiger partial charge in [-0.1, -0.05) is 34.8 Å². The van der Waals surface area contributed by atoms with E-state index < -0.39 is 5.82 Å². The van der Waals surface area contributed by atoms with Crippen LogP contribution in [-0.2, 0) is 0 Å². The fourth-order valence-corrected chi connectivity index (χ4v) is 2.16. The number of aldehydes is 1. The third kappa shape index (κ3) is 2.34. The van der Waals surface area contributed by atoms with Crippen molar-refractivity contribution >= 4 is 41.1 Å². The van der Waals surface area contributed by atoms with Crippen LogP contribution in [0.15, 0.2) is 24.3 Å². The van der Waals surface area contributed by atoms with E-state index in [0.29, 0.717) is 21.9 Å². The van der Waals surface area contributed by atoms with E-state index in [4.69, 9.17) is 34.8 Å². The molecule has 2 aromatic rings. The molecule has 0 atom stereocenters. The molecule has 0 saturated carbocycles. The van der Waals surface area contributed by atoms with Crippen molar-refractivity contribution in [1.29, 1.82) is 0 Å². The van der Waals surface area contributed by atoms with Crippen molar-refractivity contribution in [3.8, 4) is 11.3 Å². The molecule has 0 aliphatic rings. The van der Waals surface area contributed by atoms with Crippen molar-refractivity contribution in [3.63, 3.8) is 0 Å². The molecule has 1 aromatic heterocycles. The molecule has 92 valence electrons. The molecule has 6 heteroatoms. The lowest BCUT2D eigenvalue weighted by atomic mass is 10.1. The lowest BCUT2D eigenvalue weighted by molar-refractivity contribution is 0.111. The number of hydrogen-bond acceptors (Lipinski definition) is 2. The van der Waals surface area contributed by atoms with E-state index in [2.05, 4.69) is 4.98 Å². The molecule has 0 N–H and O–H groups in total. The number of halogens is 4. The molecule has 0 aliphatic heterocycles. The molecule has 0 fully saturated rings. The molecule has 0 radical (unpaired) electrons. The van der Waals surface area contributed by atoms with Gasteiger partial charge in [-0.05, 0) is 24.3 Å². The second-order valence-corrected chi connectivity index (χ2v) is 4.59. The maximum Gasteiger partial charge on any atom is 0.171 e. The van der Waals surface area contributed by atoms with Crippen LogP contribution in [0, 0.1) is 5.82 Å². The highest BCUT2D eigenvalue weighted by Gasteiger charge is 2.14. The Hall–Kier alpha value is -1.16. The summed E-state index contributed by atoms with van der Waals surface area (Å²) < 4.78 is 13.2. The molecule has 2 nitrogen and oxygen atoms in total. The van der Waals surface area contributed by atoms with E-state index >= 15 is 0 Å². The average Bonchev–Trinajstić information content (AvgIpc) is 2.36. The Labute approximate surface area is 117 Å². The number of rotatable bonds is 2. The van der Waals surface area contributed by atoms with Crippen molar-refractivity contribution in [2.45, 2.75) is 0 Å². The van der Waals surface area contributed by atoms with E-state index in [-0.39, 0.29) is 16.4 Å². The minimum absolute atomic E-state index is 0.208. The highest BCUT2D eigenvalue weighted by Crippen LogP contribution is 2.38. The summed E-state index contributed by atoms with van der Waals surface area (Å²) in [5.41, 5.74) is 0.351. The van der Waals surface area contributed by atoms with Gasteiger partial charge >= 0.3 is 0 Å². The van der Waals surface area contributed by atoms with Gasteiger partial charge in [0.05, 0.1) is 20.8 Å². The minimum Gasteiger partial charge on any atom is -0.296 e. The second kappa shape index (κ2) is 5.22. The second-order valence-electron chi connectivity index (χ2n) is 3.40. The van der Waals surface area contributed by atoms with Gasteiger partial charge < -0.3 is 0 Å². The fraction of sp³-hybridized carbons (Fsp3) is 0.